The normalized spacial score (nSPS) is 24.9. The Morgan fingerprint density at radius 1 is 1.57 bits per heavy atom. The van der Waals surface area contributed by atoms with Gasteiger partial charge in [-0.3, -0.25) is 9.69 Å². The van der Waals surface area contributed by atoms with Gasteiger partial charge in [0.05, 0.1) is 11.7 Å². The molecule has 0 unspecified atom stereocenters. The first-order chi connectivity index (χ1) is 9.99. The van der Waals surface area contributed by atoms with Gasteiger partial charge in [0.15, 0.2) is 10.4 Å². The number of hydrogen-bond acceptors (Lipinski definition) is 8. The maximum absolute atomic E-state index is 11.8. The maximum atomic E-state index is 11.8. The van der Waals surface area contributed by atoms with Crippen LogP contribution in [-0.4, -0.2) is 49.9 Å². The average molecular weight is 344 g/mol. The van der Waals surface area contributed by atoms with Crippen molar-refractivity contribution in [2.45, 2.75) is 22.7 Å². The number of aromatic nitrogens is 2. The van der Waals surface area contributed by atoms with E-state index in [4.69, 9.17) is 0 Å². The van der Waals surface area contributed by atoms with E-state index in [1.54, 1.807) is 11.8 Å². The number of carboxylic acid groups (broad SMARTS) is 1. The molecule has 0 aromatic carbocycles. The van der Waals surface area contributed by atoms with Crippen molar-refractivity contribution in [3.8, 4) is 0 Å². The fourth-order valence-corrected chi connectivity index (χ4v) is 5.49. The van der Waals surface area contributed by atoms with E-state index in [9.17, 15) is 14.7 Å². The summed E-state index contributed by atoms with van der Waals surface area (Å²) in [5.74, 6) is -0.525. The lowest BCUT2D eigenvalue weighted by Gasteiger charge is -2.47. The molecule has 0 spiro atoms. The molecule has 0 aliphatic carbocycles. The van der Waals surface area contributed by atoms with Crippen molar-refractivity contribution < 1.29 is 20.4 Å². The molecule has 1 aromatic heterocycles. The molecule has 2 aliphatic heterocycles. The molecule has 21 heavy (non-hydrogen) atoms. The van der Waals surface area contributed by atoms with Gasteiger partial charge >= 0.3 is 0 Å². The third kappa shape index (κ3) is 2.56. The van der Waals surface area contributed by atoms with Gasteiger partial charge in [0, 0.05) is 11.5 Å². The van der Waals surface area contributed by atoms with Crippen LogP contribution in [0.5, 0.6) is 0 Å². The second-order valence-corrected chi connectivity index (χ2v) is 8.14. The summed E-state index contributed by atoms with van der Waals surface area (Å²) >= 11 is 4.43. The summed E-state index contributed by atoms with van der Waals surface area (Å²) in [7, 11) is 0. The molecule has 2 atom stereocenters. The quantitative estimate of drug-likeness (QED) is 0.520. The molecule has 0 radical (unpaired) electrons. The fraction of sp³-hybridized carbons (Fsp3) is 0.455. The summed E-state index contributed by atoms with van der Waals surface area (Å²) in [5.41, 5.74) is 4.46. The SMILES string of the molecule is Cc1nnc(SCC2=C(C(=O)[O-])N3C(=O)[C@H]([NH3+])[C@@H]3SC2)s1. The first kappa shape index (κ1) is 14.8. The molecule has 112 valence electrons. The Bertz CT molecular complexity index is 644. The number of nitrogens with zero attached hydrogens (tertiary/aromatic N) is 3. The number of aliphatic carboxylic acids is 1. The summed E-state index contributed by atoms with van der Waals surface area (Å²) in [6.07, 6.45) is 0. The van der Waals surface area contributed by atoms with Crippen LogP contribution in [0.4, 0.5) is 0 Å². The summed E-state index contributed by atoms with van der Waals surface area (Å²) in [4.78, 5) is 24.5. The van der Waals surface area contributed by atoms with Crippen molar-refractivity contribution in [1.82, 2.24) is 15.1 Å². The van der Waals surface area contributed by atoms with Gasteiger partial charge in [0.25, 0.3) is 5.91 Å². The number of carbonyl (C=O) groups is 2. The first-order valence-electron chi connectivity index (χ1n) is 6.13. The van der Waals surface area contributed by atoms with Crippen LogP contribution in [0, 0.1) is 6.92 Å². The standard InChI is InChI=1S/C11H12N4O3S3/c1-4-13-14-11(21-4)20-3-5-2-19-9-6(12)8(16)15(9)7(5)10(17)18/h6,9H,2-3,12H2,1H3,(H,17,18)/t6-,9-/m0/s1. The first-order valence-corrected chi connectivity index (χ1v) is 8.98. The predicted molar refractivity (Wildman–Crippen MR) is 77.2 cm³/mol. The zero-order chi connectivity index (χ0) is 15.1. The topological polar surface area (TPSA) is 114 Å². The number of amides is 1. The van der Waals surface area contributed by atoms with Crippen LogP contribution >= 0.6 is 34.9 Å². The van der Waals surface area contributed by atoms with Crippen molar-refractivity contribution in [2.24, 2.45) is 0 Å². The monoisotopic (exact) mass is 344 g/mol. The molecule has 7 nitrogen and oxygen atoms in total. The fourth-order valence-electron chi connectivity index (χ4n) is 2.21. The minimum atomic E-state index is -1.30. The molecule has 1 aromatic rings. The smallest absolute Gasteiger partial charge is 0.289 e. The predicted octanol–water partition coefficient (Wildman–Crippen LogP) is -1.53. The number of hydrogen-bond donors (Lipinski definition) is 1. The number of rotatable bonds is 4. The molecule has 0 saturated carbocycles. The lowest BCUT2D eigenvalue weighted by molar-refractivity contribution is -0.424. The largest absolute Gasteiger partial charge is 0.543 e. The van der Waals surface area contributed by atoms with Crippen molar-refractivity contribution in [3.05, 3.63) is 16.3 Å². The van der Waals surface area contributed by atoms with Gasteiger partial charge in [-0.25, -0.2) is 0 Å². The van der Waals surface area contributed by atoms with Gasteiger partial charge in [0.1, 0.15) is 10.4 Å². The number of quaternary nitrogens is 1. The zero-order valence-corrected chi connectivity index (χ0v) is 13.5. The molecular weight excluding hydrogens is 332 g/mol. The summed E-state index contributed by atoms with van der Waals surface area (Å²) in [5, 5.41) is 20.0. The van der Waals surface area contributed by atoms with Gasteiger partial charge in [0.2, 0.25) is 0 Å². The average Bonchev–Trinajstić information content (AvgIpc) is 2.88. The number of aryl methyl sites for hydroxylation is 1. The van der Waals surface area contributed by atoms with Crippen LogP contribution in [0.25, 0.3) is 0 Å². The second-order valence-electron chi connectivity index (χ2n) is 4.63. The summed E-state index contributed by atoms with van der Waals surface area (Å²) in [6.45, 7) is 1.86. The molecule has 0 bridgehead atoms. The van der Waals surface area contributed by atoms with Crippen LogP contribution in [0.15, 0.2) is 15.6 Å². The van der Waals surface area contributed by atoms with Crippen molar-refractivity contribution in [2.75, 3.05) is 11.5 Å². The number of carbonyl (C=O) groups excluding carboxylic acids is 2. The van der Waals surface area contributed by atoms with E-state index >= 15 is 0 Å². The highest BCUT2D eigenvalue weighted by Crippen LogP contribution is 2.40. The van der Waals surface area contributed by atoms with Gasteiger partial charge in [-0.05, 0) is 12.5 Å². The van der Waals surface area contributed by atoms with E-state index in [1.807, 2.05) is 6.92 Å². The summed E-state index contributed by atoms with van der Waals surface area (Å²) in [6, 6.07) is -0.371. The Morgan fingerprint density at radius 2 is 2.33 bits per heavy atom. The number of carboxylic acids is 1. The van der Waals surface area contributed by atoms with Crippen LogP contribution < -0.4 is 10.8 Å². The highest BCUT2D eigenvalue weighted by Gasteiger charge is 2.53. The molecule has 3 rings (SSSR count). The second kappa shape index (κ2) is 5.59. The van der Waals surface area contributed by atoms with Crippen molar-refractivity contribution in [3.63, 3.8) is 0 Å². The maximum Gasteiger partial charge on any atom is 0.289 e. The lowest BCUT2D eigenvalue weighted by Crippen LogP contribution is -2.83. The lowest BCUT2D eigenvalue weighted by atomic mass is 10.0. The molecule has 10 heteroatoms. The highest BCUT2D eigenvalue weighted by molar-refractivity contribution is 8.01. The van der Waals surface area contributed by atoms with Crippen molar-refractivity contribution >= 4 is 46.7 Å². The molecule has 1 saturated heterocycles. The van der Waals surface area contributed by atoms with E-state index < -0.39 is 5.97 Å². The van der Waals surface area contributed by atoms with Gasteiger partial charge in [-0.1, -0.05) is 23.1 Å². The molecule has 3 N–H and O–H groups in total. The molecule has 2 aliphatic rings. The summed E-state index contributed by atoms with van der Waals surface area (Å²) < 4.78 is 0.787. The highest BCUT2D eigenvalue weighted by atomic mass is 32.2. The van der Waals surface area contributed by atoms with Crippen LogP contribution in [0.2, 0.25) is 0 Å². The Morgan fingerprint density at radius 3 is 2.95 bits per heavy atom. The van der Waals surface area contributed by atoms with Gasteiger partial charge in [-0.15, -0.1) is 22.0 Å². The third-order valence-corrected chi connectivity index (χ3v) is 6.68. The molecule has 1 amide bonds. The van der Waals surface area contributed by atoms with Crippen LogP contribution in [-0.2, 0) is 9.59 Å². The van der Waals surface area contributed by atoms with E-state index in [0.29, 0.717) is 17.1 Å². The Hall–Kier alpha value is -1.10. The van der Waals surface area contributed by atoms with Crippen LogP contribution in [0.1, 0.15) is 5.01 Å². The van der Waals surface area contributed by atoms with E-state index in [2.05, 4.69) is 15.9 Å². The Kier molecular flexibility index (Phi) is 3.95. The third-order valence-electron chi connectivity index (χ3n) is 3.23. The van der Waals surface area contributed by atoms with Crippen molar-refractivity contribution in [1.29, 1.82) is 0 Å². The minimum absolute atomic E-state index is 0.0115. The number of β-lactam (4-membered cyclic amide) rings is 1. The van der Waals surface area contributed by atoms with E-state index in [-0.39, 0.29) is 23.0 Å². The molecular formula is C11H12N4O3S3. The van der Waals surface area contributed by atoms with E-state index in [0.717, 1.165) is 9.35 Å². The zero-order valence-electron chi connectivity index (χ0n) is 11.1. The van der Waals surface area contributed by atoms with Crippen LogP contribution in [0.3, 0.4) is 0 Å². The van der Waals surface area contributed by atoms with Gasteiger partial charge < -0.3 is 15.6 Å². The molecule has 1 fully saturated rings. The molecule has 3 heterocycles. The Labute approximate surface area is 133 Å². The number of fused-ring (bicyclic) bond motifs is 1. The van der Waals surface area contributed by atoms with E-state index in [1.165, 1.54) is 28.0 Å². The number of thioether (sulfide) groups is 2. The Balaban J connectivity index is 1.81. The van der Waals surface area contributed by atoms with Gasteiger partial charge in [-0.2, -0.15) is 0 Å². The minimum Gasteiger partial charge on any atom is -0.543 e.